The minimum atomic E-state index is -3.38. The van der Waals surface area contributed by atoms with Gasteiger partial charge in [-0.15, -0.1) is 0 Å². The third-order valence-electron chi connectivity index (χ3n) is 4.58. The van der Waals surface area contributed by atoms with Crippen LogP contribution in [0, 0.1) is 5.82 Å². The SMILES string of the molecule is CS(=O)(=O)Nc1ccc(C2=NN(C(=O)c3cccc(F)c3)[C@@H](c3ccco3)C2)cc1. The Bertz CT molecular complexity index is 1210. The van der Waals surface area contributed by atoms with Gasteiger partial charge in [0.05, 0.1) is 18.2 Å². The Morgan fingerprint density at radius 1 is 1.17 bits per heavy atom. The van der Waals surface area contributed by atoms with Gasteiger partial charge in [0.25, 0.3) is 5.91 Å². The van der Waals surface area contributed by atoms with Crippen LogP contribution < -0.4 is 4.72 Å². The number of halogens is 1. The third-order valence-corrected chi connectivity index (χ3v) is 5.19. The van der Waals surface area contributed by atoms with Crippen LogP contribution in [-0.4, -0.2) is 31.3 Å². The second-order valence-electron chi connectivity index (χ2n) is 6.89. The molecule has 3 aromatic rings. The topological polar surface area (TPSA) is 92.0 Å². The first-order valence-electron chi connectivity index (χ1n) is 9.08. The lowest BCUT2D eigenvalue weighted by molar-refractivity contribution is 0.0692. The van der Waals surface area contributed by atoms with Crippen LogP contribution in [-0.2, 0) is 10.0 Å². The first kappa shape index (κ1) is 19.8. The average Bonchev–Trinajstić information content (AvgIpc) is 3.36. The lowest BCUT2D eigenvalue weighted by Crippen LogP contribution is -2.26. The Labute approximate surface area is 172 Å². The van der Waals surface area contributed by atoms with E-state index >= 15 is 0 Å². The van der Waals surface area contributed by atoms with Crippen molar-refractivity contribution in [3.05, 3.63) is 89.6 Å². The lowest BCUT2D eigenvalue weighted by Gasteiger charge is -2.19. The molecule has 9 heteroatoms. The van der Waals surface area contributed by atoms with Crippen LogP contribution in [0.3, 0.4) is 0 Å². The minimum absolute atomic E-state index is 0.184. The fraction of sp³-hybridized carbons (Fsp3) is 0.143. The molecule has 2 aromatic carbocycles. The van der Waals surface area contributed by atoms with E-state index in [9.17, 15) is 17.6 Å². The van der Waals surface area contributed by atoms with E-state index < -0.39 is 27.8 Å². The summed E-state index contributed by atoms with van der Waals surface area (Å²) in [6.07, 6.45) is 2.99. The Hall–Kier alpha value is -3.46. The number of hydrogen-bond donors (Lipinski definition) is 1. The van der Waals surface area contributed by atoms with E-state index in [2.05, 4.69) is 9.82 Å². The smallest absolute Gasteiger partial charge is 0.274 e. The summed E-state index contributed by atoms with van der Waals surface area (Å²) in [6.45, 7) is 0. The van der Waals surface area contributed by atoms with E-state index in [4.69, 9.17) is 4.42 Å². The molecule has 0 radical (unpaired) electrons. The van der Waals surface area contributed by atoms with Crippen molar-refractivity contribution in [2.45, 2.75) is 12.5 Å². The Balaban J connectivity index is 1.66. The number of benzene rings is 2. The van der Waals surface area contributed by atoms with Crippen molar-refractivity contribution in [3.8, 4) is 0 Å². The minimum Gasteiger partial charge on any atom is -0.467 e. The maximum absolute atomic E-state index is 13.6. The number of hydrazone groups is 1. The maximum Gasteiger partial charge on any atom is 0.274 e. The first-order valence-corrected chi connectivity index (χ1v) is 11.0. The second kappa shape index (κ2) is 7.75. The van der Waals surface area contributed by atoms with Crippen LogP contribution in [0.5, 0.6) is 0 Å². The number of amides is 1. The Kier molecular flexibility index (Phi) is 5.13. The molecule has 0 bridgehead atoms. The molecule has 7 nitrogen and oxygen atoms in total. The molecule has 154 valence electrons. The highest BCUT2D eigenvalue weighted by Crippen LogP contribution is 2.34. The molecule has 1 N–H and O–H groups in total. The van der Waals surface area contributed by atoms with Gasteiger partial charge in [0.1, 0.15) is 17.6 Å². The van der Waals surface area contributed by atoms with Crippen molar-refractivity contribution in [1.29, 1.82) is 0 Å². The third kappa shape index (κ3) is 4.25. The number of nitrogens with one attached hydrogen (secondary N) is 1. The van der Waals surface area contributed by atoms with E-state index in [1.807, 2.05) is 0 Å². The van der Waals surface area contributed by atoms with Gasteiger partial charge in [-0.25, -0.2) is 17.8 Å². The molecule has 0 unspecified atom stereocenters. The van der Waals surface area contributed by atoms with Crippen LogP contribution >= 0.6 is 0 Å². The number of anilines is 1. The lowest BCUT2D eigenvalue weighted by atomic mass is 10.0. The molecular weight excluding hydrogens is 409 g/mol. The normalized spacial score (nSPS) is 16.4. The van der Waals surface area contributed by atoms with Crippen LogP contribution in [0.1, 0.15) is 34.1 Å². The number of nitrogens with zero attached hydrogens (tertiary/aromatic N) is 2. The number of hydrogen-bond acceptors (Lipinski definition) is 5. The van der Waals surface area contributed by atoms with Crippen LogP contribution in [0.2, 0.25) is 0 Å². The van der Waals surface area contributed by atoms with E-state index in [0.717, 1.165) is 11.8 Å². The van der Waals surface area contributed by atoms with E-state index in [0.29, 0.717) is 23.6 Å². The van der Waals surface area contributed by atoms with Crippen molar-refractivity contribution in [2.75, 3.05) is 11.0 Å². The van der Waals surface area contributed by atoms with Gasteiger partial charge in [-0.05, 0) is 48.0 Å². The van der Waals surface area contributed by atoms with Crippen molar-refractivity contribution >= 4 is 27.3 Å². The number of rotatable bonds is 5. The summed E-state index contributed by atoms with van der Waals surface area (Å²) in [5.74, 6) is -0.386. The van der Waals surface area contributed by atoms with Gasteiger partial charge in [-0.3, -0.25) is 9.52 Å². The largest absolute Gasteiger partial charge is 0.467 e. The highest BCUT2D eigenvalue weighted by molar-refractivity contribution is 7.92. The van der Waals surface area contributed by atoms with Crippen LogP contribution in [0.4, 0.5) is 10.1 Å². The van der Waals surface area contributed by atoms with Crippen LogP contribution in [0.25, 0.3) is 0 Å². The molecule has 4 rings (SSSR count). The molecule has 1 aliphatic rings. The van der Waals surface area contributed by atoms with Crippen LogP contribution in [0.15, 0.2) is 76.4 Å². The summed E-state index contributed by atoms with van der Waals surface area (Å²) >= 11 is 0. The van der Waals surface area contributed by atoms with Gasteiger partial charge in [0.2, 0.25) is 10.0 Å². The van der Waals surface area contributed by atoms with Crippen molar-refractivity contribution in [3.63, 3.8) is 0 Å². The summed E-state index contributed by atoms with van der Waals surface area (Å²) in [7, 11) is -3.38. The molecule has 2 heterocycles. The second-order valence-corrected chi connectivity index (χ2v) is 8.64. The first-order chi connectivity index (χ1) is 14.3. The van der Waals surface area contributed by atoms with E-state index in [1.54, 1.807) is 36.4 Å². The van der Waals surface area contributed by atoms with Gasteiger partial charge in [-0.1, -0.05) is 18.2 Å². The molecule has 1 aliphatic heterocycles. The summed E-state index contributed by atoms with van der Waals surface area (Å²) in [4.78, 5) is 13.0. The number of carbonyl (C=O) groups excluding carboxylic acids is 1. The molecule has 1 aromatic heterocycles. The monoisotopic (exact) mass is 427 g/mol. The standard InChI is InChI=1S/C21H18FN3O4S/c1-30(27,28)24-17-9-7-14(8-10-17)18-13-19(20-6-3-11-29-20)25(23-18)21(26)15-4-2-5-16(22)12-15/h2-12,19,24H,13H2,1H3/t19-/m1/s1. The molecular formula is C21H18FN3O4S. The quantitative estimate of drug-likeness (QED) is 0.671. The highest BCUT2D eigenvalue weighted by Gasteiger charge is 2.35. The van der Waals surface area contributed by atoms with Gasteiger partial charge in [-0.2, -0.15) is 5.10 Å². The molecule has 1 atom stereocenters. The van der Waals surface area contributed by atoms with E-state index in [-0.39, 0.29) is 5.56 Å². The number of furan rings is 1. The zero-order valence-electron chi connectivity index (χ0n) is 15.9. The summed E-state index contributed by atoms with van der Waals surface area (Å²) in [5.41, 5.74) is 1.98. The zero-order chi connectivity index (χ0) is 21.3. The van der Waals surface area contributed by atoms with E-state index in [1.165, 1.54) is 35.5 Å². The number of sulfonamides is 1. The van der Waals surface area contributed by atoms with Crippen molar-refractivity contribution in [2.24, 2.45) is 5.10 Å². The molecule has 0 saturated carbocycles. The summed E-state index contributed by atoms with van der Waals surface area (Å²) in [6, 6.07) is 15.1. The fourth-order valence-corrected chi connectivity index (χ4v) is 3.84. The molecule has 0 spiro atoms. The van der Waals surface area contributed by atoms with Crippen molar-refractivity contribution in [1.82, 2.24) is 5.01 Å². The summed E-state index contributed by atoms with van der Waals surface area (Å²) < 4.78 is 44.3. The van der Waals surface area contributed by atoms with Crippen molar-refractivity contribution < 1.29 is 22.0 Å². The molecule has 0 fully saturated rings. The summed E-state index contributed by atoms with van der Waals surface area (Å²) in [5, 5.41) is 5.78. The fourth-order valence-electron chi connectivity index (χ4n) is 3.27. The molecule has 1 amide bonds. The predicted molar refractivity (Wildman–Crippen MR) is 110 cm³/mol. The molecule has 0 saturated heterocycles. The van der Waals surface area contributed by atoms with Gasteiger partial charge in [0.15, 0.2) is 0 Å². The highest BCUT2D eigenvalue weighted by atomic mass is 32.2. The maximum atomic E-state index is 13.6. The van der Waals surface area contributed by atoms with Gasteiger partial charge in [0, 0.05) is 17.7 Å². The zero-order valence-corrected chi connectivity index (χ0v) is 16.8. The molecule has 0 aliphatic carbocycles. The Morgan fingerprint density at radius 3 is 2.57 bits per heavy atom. The van der Waals surface area contributed by atoms with Gasteiger partial charge < -0.3 is 4.42 Å². The Morgan fingerprint density at radius 2 is 1.93 bits per heavy atom. The number of carbonyl (C=O) groups is 1. The van der Waals surface area contributed by atoms with Gasteiger partial charge >= 0.3 is 0 Å². The predicted octanol–water partition coefficient (Wildman–Crippen LogP) is 3.78. The average molecular weight is 427 g/mol. The molecule has 30 heavy (non-hydrogen) atoms.